The fourth-order valence-corrected chi connectivity index (χ4v) is 5.83. The SMILES string of the molecule is CCCCCCCCCCCCCCCCC(=O)N[C@@H](CO[C@@H]1O[C@H](CO)[C@H](O)[C@H](O)[C@H]1O)[C@H](O)CNCCCCCCCC. The Kier molecular flexibility index (Phi) is 26.4. The van der Waals surface area contributed by atoms with Crippen molar-refractivity contribution in [3.63, 3.8) is 0 Å². The zero-order valence-electron chi connectivity index (χ0n) is 28.7. The number of aliphatic hydroxyl groups is 5. The minimum absolute atomic E-state index is 0.174. The van der Waals surface area contributed by atoms with Crippen molar-refractivity contribution in [1.29, 1.82) is 0 Å². The number of nitrogens with one attached hydrogen (secondary N) is 2. The summed E-state index contributed by atoms with van der Waals surface area (Å²) >= 11 is 0. The average molecular weight is 647 g/mol. The molecule has 1 aliphatic rings. The third-order valence-corrected chi connectivity index (χ3v) is 8.92. The quantitative estimate of drug-likeness (QED) is 0.0559. The molecule has 0 saturated carbocycles. The van der Waals surface area contributed by atoms with Crippen LogP contribution in [0, 0.1) is 0 Å². The minimum atomic E-state index is -1.56. The van der Waals surface area contributed by atoms with Gasteiger partial charge in [0, 0.05) is 13.0 Å². The van der Waals surface area contributed by atoms with Crippen LogP contribution in [0.3, 0.4) is 0 Å². The highest BCUT2D eigenvalue weighted by atomic mass is 16.7. The van der Waals surface area contributed by atoms with Gasteiger partial charge < -0.3 is 45.6 Å². The van der Waals surface area contributed by atoms with Gasteiger partial charge in [-0.3, -0.25) is 4.79 Å². The molecule has 1 saturated heterocycles. The Bertz CT molecular complexity index is 686. The van der Waals surface area contributed by atoms with Gasteiger partial charge in [0.1, 0.15) is 24.4 Å². The maximum Gasteiger partial charge on any atom is 0.220 e. The molecule has 1 aliphatic heterocycles. The first-order valence-electron chi connectivity index (χ1n) is 18.5. The monoisotopic (exact) mass is 647 g/mol. The maximum atomic E-state index is 12.8. The van der Waals surface area contributed by atoms with Gasteiger partial charge in [-0.15, -0.1) is 0 Å². The van der Waals surface area contributed by atoms with Crippen LogP contribution in [0.1, 0.15) is 149 Å². The van der Waals surface area contributed by atoms with Crippen LogP contribution < -0.4 is 10.6 Å². The molecule has 0 radical (unpaired) electrons. The van der Waals surface area contributed by atoms with E-state index in [9.17, 15) is 30.3 Å². The van der Waals surface area contributed by atoms with Crippen LogP contribution in [-0.2, 0) is 14.3 Å². The summed E-state index contributed by atoms with van der Waals surface area (Å²) in [4.78, 5) is 12.8. The van der Waals surface area contributed by atoms with Crippen LogP contribution >= 0.6 is 0 Å². The summed E-state index contributed by atoms with van der Waals surface area (Å²) in [5, 5.41) is 57.0. The molecule has 0 aromatic heterocycles. The van der Waals surface area contributed by atoms with Crippen molar-refractivity contribution in [2.24, 2.45) is 0 Å². The molecule has 7 N–H and O–H groups in total. The third kappa shape index (κ3) is 20.2. The second kappa shape index (κ2) is 28.2. The van der Waals surface area contributed by atoms with Crippen LogP contribution in [0.15, 0.2) is 0 Å². The van der Waals surface area contributed by atoms with E-state index in [0.717, 1.165) is 38.6 Å². The Hall–Kier alpha value is -0.850. The lowest BCUT2D eigenvalue weighted by atomic mass is 9.99. The standard InChI is InChI=1S/C35H70N2O8/c1-3-5-7-9-11-12-13-14-15-16-17-18-19-21-23-31(40)37-28(29(39)25-36-24-22-20-10-8-6-4-2)27-44-35-34(43)33(42)32(41)30(26-38)45-35/h28-30,32-36,38-39,41-43H,3-27H2,1-2H3,(H,37,40)/t28-,29+,30+,32-,33-,34+,35+/m0/s1. The van der Waals surface area contributed by atoms with E-state index in [-0.39, 0.29) is 19.1 Å². The van der Waals surface area contributed by atoms with Gasteiger partial charge in [-0.25, -0.2) is 0 Å². The molecule has 0 aromatic rings. The molecule has 1 amide bonds. The number of carbonyl (C=O) groups is 1. The number of rotatable bonds is 30. The molecule has 0 unspecified atom stereocenters. The van der Waals surface area contributed by atoms with Crippen molar-refractivity contribution in [3.05, 3.63) is 0 Å². The van der Waals surface area contributed by atoms with Crippen molar-refractivity contribution >= 4 is 5.91 Å². The van der Waals surface area contributed by atoms with Crippen molar-refractivity contribution < 1.29 is 39.8 Å². The molecule has 45 heavy (non-hydrogen) atoms. The largest absolute Gasteiger partial charge is 0.394 e. The van der Waals surface area contributed by atoms with Gasteiger partial charge in [-0.1, -0.05) is 129 Å². The molecule has 0 aromatic carbocycles. The number of unbranched alkanes of at least 4 members (excludes halogenated alkanes) is 18. The lowest BCUT2D eigenvalue weighted by Crippen LogP contribution is -2.60. The van der Waals surface area contributed by atoms with E-state index in [4.69, 9.17) is 9.47 Å². The fourth-order valence-electron chi connectivity index (χ4n) is 5.83. The topological polar surface area (TPSA) is 161 Å². The number of hydrogen-bond acceptors (Lipinski definition) is 9. The van der Waals surface area contributed by atoms with Crippen LogP contribution in [0.4, 0.5) is 0 Å². The third-order valence-electron chi connectivity index (χ3n) is 8.92. The van der Waals surface area contributed by atoms with Gasteiger partial charge in [0.2, 0.25) is 5.91 Å². The summed E-state index contributed by atoms with van der Waals surface area (Å²) in [7, 11) is 0. The first-order chi connectivity index (χ1) is 21.8. The van der Waals surface area contributed by atoms with Crippen molar-refractivity contribution in [2.75, 3.05) is 26.3 Å². The lowest BCUT2D eigenvalue weighted by Gasteiger charge is -2.40. The first-order valence-corrected chi connectivity index (χ1v) is 18.5. The Labute approximate surface area is 274 Å². The summed E-state index contributed by atoms with van der Waals surface area (Å²) in [6, 6.07) is -0.770. The zero-order chi connectivity index (χ0) is 33.1. The number of hydrogen-bond donors (Lipinski definition) is 7. The van der Waals surface area contributed by atoms with E-state index in [1.807, 2.05) is 0 Å². The van der Waals surface area contributed by atoms with E-state index in [1.165, 1.54) is 96.3 Å². The molecule has 1 heterocycles. The minimum Gasteiger partial charge on any atom is -0.394 e. The maximum absolute atomic E-state index is 12.8. The van der Waals surface area contributed by atoms with E-state index in [2.05, 4.69) is 24.5 Å². The highest BCUT2D eigenvalue weighted by Gasteiger charge is 2.44. The molecule has 0 spiro atoms. The van der Waals surface area contributed by atoms with Gasteiger partial charge in [-0.05, 0) is 19.4 Å². The van der Waals surface area contributed by atoms with Crippen molar-refractivity contribution in [3.8, 4) is 0 Å². The highest BCUT2D eigenvalue weighted by Crippen LogP contribution is 2.22. The molecule has 10 heteroatoms. The van der Waals surface area contributed by atoms with E-state index >= 15 is 0 Å². The highest BCUT2D eigenvalue weighted by molar-refractivity contribution is 5.76. The Balaban J connectivity index is 2.39. The average Bonchev–Trinajstić information content (AvgIpc) is 3.04. The normalized spacial score (nSPS) is 23.2. The zero-order valence-corrected chi connectivity index (χ0v) is 28.7. The summed E-state index contributed by atoms with van der Waals surface area (Å²) in [5.41, 5.74) is 0. The second-order valence-electron chi connectivity index (χ2n) is 13.1. The lowest BCUT2D eigenvalue weighted by molar-refractivity contribution is -0.302. The summed E-state index contributed by atoms with van der Waals surface area (Å²) in [6.45, 7) is 4.73. The predicted octanol–water partition coefficient (Wildman–Crippen LogP) is 4.47. The van der Waals surface area contributed by atoms with Gasteiger partial charge in [-0.2, -0.15) is 0 Å². The summed E-state index contributed by atoms with van der Waals surface area (Å²) in [6.07, 6.45) is 16.8. The molecule has 1 fully saturated rings. The van der Waals surface area contributed by atoms with Crippen molar-refractivity contribution in [1.82, 2.24) is 10.6 Å². The molecule has 10 nitrogen and oxygen atoms in total. The number of amides is 1. The molecular weight excluding hydrogens is 576 g/mol. The van der Waals surface area contributed by atoms with Gasteiger partial charge >= 0.3 is 0 Å². The summed E-state index contributed by atoms with van der Waals surface area (Å²) < 4.78 is 11.1. The Morgan fingerprint density at radius 3 is 1.71 bits per heavy atom. The van der Waals surface area contributed by atoms with E-state index in [1.54, 1.807) is 0 Å². The van der Waals surface area contributed by atoms with Crippen LogP contribution in [-0.4, -0.2) is 101 Å². The molecule has 0 bridgehead atoms. The summed E-state index contributed by atoms with van der Waals surface area (Å²) in [5.74, 6) is -0.175. The van der Waals surface area contributed by atoms with Crippen LogP contribution in [0.2, 0.25) is 0 Å². The van der Waals surface area contributed by atoms with E-state index < -0.39 is 49.5 Å². The molecule has 1 rings (SSSR count). The second-order valence-corrected chi connectivity index (χ2v) is 13.1. The molecular formula is C35H70N2O8. The molecule has 268 valence electrons. The van der Waals surface area contributed by atoms with E-state index in [0.29, 0.717) is 6.42 Å². The smallest absolute Gasteiger partial charge is 0.220 e. The number of aliphatic hydroxyl groups excluding tert-OH is 5. The van der Waals surface area contributed by atoms with Crippen LogP contribution in [0.5, 0.6) is 0 Å². The molecule has 7 atom stereocenters. The van der Waals surface area contributed by atoms with Gasteiger partial charge in [0.25, 0.3) is 0 Å². The van der Waals surface area contributed by atoms with Crippen molar-refractivity contribution in [2.45, 2.75) is 192 Å². The fraction of sp³-hybridized carbons (Fsp3) is 0.971. The Morgan fingerprint density at radius 1 is 0.711 bits per heavy atom. The predicted molar refractivity (Wildman–Crippen MR) is 179 cm³/mol. The number of ether oxygens (including phenoxy) is 2. The number of carbonyl (C=O) groups excluding carboxylic acids is 1. The molecule has 0 aliphatic carbocycles. The van der Waals surface area contributed by atoms with Gasteiger partial charge in [0.15, 0.2) is 6.29 Å². The Morgan fingerprint density at radius 2 is 1.20 bits per heavy atom. The first kappa shape index (κ1) is 42.2. The van der Waals surface area contributed by atoms with Gasteiger partial charge in [0.05, 0.1) is 25.4 Å². The van der Waals surface area contributed by atoms with Crippen LogP contribution in [0.25, 0.3) is 0 Å².